The average Bonchev–Trinajstić information content (AvgIpc) is 3.40. The van der Waals surface area contributed by atoms with Crippen molar-refractivity contribution in [3.63, 3.8) is 0 Å². The fourth-order valence-electron chi connectivity index (χ4n) is 8.65. The van der Waals surface area contributed by atoms with Crippen molar-refractivity contribution in [2.45, 2.75) is 303 Å². The van der Waals surface area contributed by atoms with Gasteiger partial charge in [-0.1, -0.05) is 272 Å². The minimum atomic E-state index is -0.793. The maximum atomic E-state index is 12.9. The maximum Gasteiger partial charge on any atom is 0.306 e. The molecular formula is C68H116O6. The molecule has 0 aliphatic heterocycles. The number of unbranched alkanes of at least 4 members (excludes halogenated alkanes) is 29. The number of hydrogen-bond donors (Lipinski definition) is 0. The van der Waals surface area contributed by atoms with E-state index in [2.05, 4.69) is 118 Å². The molecule has 0 fully saturated rings. The summed E-state index contributed by atoms with van der Waals surface area (Å²) in [6.07, 6.45) is 82.5. The van der Waals surface area contributed by atoms with Crippen molar-refractivity contribution in [3.05, 3.63) is 97.2 Å². The van der Waals surface area contributed by atoms with Gasteiger partial charge in [-0.25, -0.2) is 0 Å². The number of rotatable bonds is 56. The minimum absolute atomic E-state index is 0.0871. The number of ether oxygens (including phenoxy) is 3. The van der Waals surface area contributed by atoms with Crippen LogP contribution in [0.3, 0.4) is 0 Å². The lowest BCUT2D eigenvalue weighted by Gasteiger charge is -2.18. The lowest BCUT2D eigenvalue weighted by Crippen LogP contribution is -2.30. The Morgan fingerprint density at radius 2 is 0.527 bits per heavy atom. The van der Waals surface area contributed by atoms with Crippen LogP contribution in [0.1, 0.15) is 297 Å². The molecule has 0 aromatic heterocycles. The van der Waals surface area contributed by atoms with Crippen LogP contribution in [0.4, 0.5) is 0 Å². The lowest BCUT2D eigenvalue weighted by atomic mass is 10.0. The topological polar surface area (TPSA) is 78.9 Å². The molecule has 0 N–H and O–H groups in total. The first kappa shape index (κ1) is 70.3. The van der Waals surface area contributed by atoms with Crippen LogP contribution in [0.5, 0.6) is 0 Å². The number of esters is 3. The number of carbonyl (C=O) groups is 3. The van der Waals surface area contributed by atoms with E-state index >= 15 is 0 Å². The monoisotopic (exact) mass is 1030 g/mol. The summed E-state index contributed by atoms with van der Waals surface area (Å²) in [5.41, 5.74) is 0. The summed E-state index contributed by atoms with van der Waals surface area (Å²) in [6, 6.07) is 0. The van der Waals surface area contributed by atoms with Crippen molar-refractivity contribution in [3.8, 4) is 0 Å². The second-order valence-electron chi connectivity index (χ2n) is 20.6. The molecule has 424 valence electrons. The van der Waals surface area contributed by atoms with Gasteiger partial charge in [0.2, 0.25) is 0 Å². The van der Waals surface area contributed by atoms with Crippen molar-refractivity contribution >= 4 is 17.9 Å². The Kier molecular flexibility index (Phi) is 58.8. The van der Waals surface area contributed by atoms with Gasteiger partial charge in [0.05, 0.1) is 0 Å². The summed E-state index contributed by atoms with van der Waals surface area (Å²) in [7, 11) is 0. The third kappa shape index (κ3) is 59.2. The Morgan fingerprint density at radius 3 is 0.838 bits per heavy atom. The Bertz CT molecular complexity index is 1460. The van der Waals surface area contributed by atoms with E-state index in [1.54, 1.807) is 0 Å². The van der Waals surface area contributed by atoms with E-state index in [1.807, 2.05) is 0 Å². The average molecular weight is 1030 g/mol. The van der Waals surface area contributed by atoms with Crippen LogP contribution < -0.4 is 0 Å². The molecular weight excluding hydrogens is 913 g/mol. The highest BCUT2D eigenvalue weighted by molar-refractivity contribution is 5.71. The molecule has 6 nitrogen and oxygen atoms in total. The van der Waals surface area contributed by atoms with Crippen LogP contribution in [0, 0.1) is 0 Å². The summed E-state index contributed by atoms with van der Waals surface area (Å²) < 4.78 is 16.9. The Hall–Kier alpha value is -3.67. The molecule has 0 amide bonds. The number of allylic oxidation sites excluding steroid dienone is 16. The molecule has 0 spiro atoms. The van der Waals surface area contributed by atoms with E-state index in [0.29, 0.717) is 19.3 Å². The normalized spacial score (nSPS) is 12.7. The summed E-state index contributed by atoms with van der Waals surface area (Å²) in [5.74, 6) is -0.911. The maximum absolute atomic E-state index is 12.9. The highest BCUT2D eigenvalue weighted by Gasteiger charge is 2.19. The Labute approximate surface area is 457 Å². The summed E-state index contributed by atoms with van der Waals surface area (Å²) in [4.78, 5) is 38.3. The third-order valence-corrected chi connectivity index (χ3v) is 13.3. The molecule has 0 bridgehead atoms. The van der Waals surface area contributed by atoms with Crippen molar-refractivity contribution in [1.29, 1.82) is 0 Å². The van der Waals surface area contributed by atoms with Gasteiger partial charge in [0.15, 0.2) is 6.10 Å². The molecule has 0 saturated carbocycles. The van der Waals surface area contributed by atoms with Crippen LogP contribution >= 0.6 is 0 Å². The third-order valence-electron chi connectivity index (χ3n) is 13.3. The van der Waals surface area contributed by atoms with Crippen molar-refractivity contribution in [2.24, 2.45) is 0 Å². The standard InChI is InChI=1S/C68H116O6/c1-4-7-10-13-16-19-22-25-28-30-32-33-34-35-36-38-40-43-46-49-52-55-58-61-67(70)73-64-65(63-72-66(69)60-57-54-51-48-45-42-39-27-24-21-18-15-12-9-6-3)74-68(71)62-59-56-53-50-47-44-41-37-31-29-26-23-20-17-14-11-8-5-2/h7,10,16,19-20,23,25,28-29,31-33,35-36,40,43,65H,4-6,8-9,11-15,17-18,21-22,24,26-27,30,34,37-39,41-42,44-64H2,1-3H3/b10-7-,19-16-,23-20-,28-25-,31-29-,33-32-,36-35-,43-40-. The van der Waals surface area contributed by atoms with Gasteiger partial charge in [-0.3, -0.25) is 14.4 Å². The van der Waals surface area contributed by atoms with Crippen LogP contribution in [0.2, 0.25) is 0 Å². The van der Waals surface area contributed by atoms with E-state index in [0.717, 1.165) is 122 Å². The predicted molar refractivity (Wildman–Crippen MR) is 320 cm³/mol. The second-order valence-corrected chi connectivity index (χ2v) is 20.6. The van der Waals surface area contributed by atoms with Crippen LogP contribution in [0.25, 0.3) is 0 Å². The van der Waals surface area contributed by atoms with E-state index in [9.17, 15) is 14.4 Å². The molecule has 0 aromatic carbocycles. The molecule has 0 aliphatic carbocycles. The summed E-state index contributed by atoms with van der Waals surface area (Å²) in [6.45, 7) is 6.51. The minimum Gasteiger partial charge on any atom is -0.462 e. The molecule has 0 rings (SSSR count). The highest BCUT2D eigenvalue weighted by Crippen LogP contribution is 2.16. The zero-order valence-corrected chi connectivity index (χ0v) is 48.6. The first-order valence-electron chi connectivity index (χ1n) is 31.2. The van der Waals surface area contributed by atoms with Gasteiger partial charge < -0.3 is 14.2 Å². The first-order chi connectivity index (χ1) is 36.5. The van der Waals surface area contributed by atoms with Crippen LogP contribution in [-0.2, 0) is 28.6 Å². The van der Waals surface area contributed by atoms with Gasteiger partial charge in [-0.15, -0.1) is 0 Å². The summed E-state index contributed by atoms with van der Waals surface area (Å²) >= 11 is 0. The fraction of sp³-hybridized carbons (Fsp3) is 0.721. The van der Waals surface area contributed by atoms with Gasteiger partial charge in [0.25, 0.3) is 0 Å². The van der Waals surface area contributed by atoms with Crippen LogP contribution in [0.15, 0.2) is 97.2 Å². The molecule has 0 radical (unpaired) electrons. The molecule has 1 unspecified atom stereocenters. The highest BCUT2D eigenvalue weighted by atomic mass is 16.6. The second kappa shape index (κ2) is 61.9. The molecule has 1 atom stereocenters. The van der Waals surface area contributed by atoms with Gasteiger partial charge in [0.1, 0.15) is 13.2 Å². The van der Waals surface area contributed by atoms with Crippen molar-refractivity contribution < 1.29 is 28.6 Å². The predicted octanol–water partition coefficient (Wildman–Crippen LogP) is 21.3. The zero-order valence-electron chi connectivity index (χ0n) is 48.6. The Balaban J connectivity index is 4.43. The van der Waals surface area contributed by atoms with Gasteiger partial charge in [-0.05, 0) is 103 Å². The zero-order chi connectivity index (χ0) is 53.6. The molecule has 0 aromatic rings. The van der Waals surface area contributed by atoms with Crippen LogP contribution in [-0.4, -0.2) is 37.2 Å². The van der Waals surface area contributed by atoms with E-state index in [1.165, 1.54) is 135 Å². The van der Waals surface area contributed by atoms with Crippen molar-refractivity contribution in [1.82, 2.24) is 0 Å². The SMILES string of the molecule is CC/C=C\C/C=C\C/C=C\C/C=C\C/C=C\C/C=C\CCCCCCC(=O)OCC(COC(=O)CCCCCCCCCCCCCCCCC)OC(=O)CCCCCCCCC/C=C\C/C=C\CCCCCC. The van der Waals surface area contributed by atoms with Gasteiger partial charge in [0, 0.05) is 19.3 Å². The number of carbonyl (C=O) groups excluding carboxylic acids is 3. The Morgan fingerprint density at radius 1 is 0.284 bits per heavy atom. The number of hydrogen-bond acceptors (Lipinski definition) is 6. The van der Waals surface area contributed by atoms with E-state index in [-0.39, 0.29) is 31.1 Å². The quantitative estimate of drug-likeness (QED) is 0.0261. The molecule has 0 saturated heterocycles. The first-order valence-corrected chi connectivity index (χ1v) is 31.2. The van der Waals surface area contributed by atoms with Gasteiger partial charge in [-0.2, -0.15) is 0 Å². The van der Waals surface area contributed by atoms with E-state index < -0.39 is 6.10 Å². The fourth-order valence-corrected chi connectivity index (χ4v) is 8.65. The molecule has 6 heteroatoms. The van der Waals surface area contributed by atoms with E-state index in [4.69, 9.17) is 14.2 Å². The lowest BCUT2D eigenvalue weighted by molar-refractivity contribution is -0.167. The van der Waals surface area contributed by atoms with Gasteiger partial charge >= 0.3 is 17.9 Å². The molecule has 74 heavy (non-hydrogen) atoms. The van der Waals surface area contributed by atoms with Crippen molar-refractivity contribution in [2.75, 3.05) is 13.2 Å². The smallest absolute Gasteiger partial charge is 0.306 e. The summed E-state index contributed by atoms with van der Waals surface area (Å²) in [5, 5.41) is 0. The molecule has 0 aliphatic rings. The largest absolute Gasteiger partial charge is 0.462 e. The molecule has 0 heterocycles.